The number of carbonyl (C=O) groups excluding carboxylic acids is 3. The van der Waals surface area contributed by atoms with Gasteiger partial charge in [-0.1, -0.05) is 11.6 Å². The number of aryl methyl sites for hydroxylation is 2. The van der Waals surface area contributed by atoms with Crippen LogP contribution in [0.4, 0.5) is 4.79 Å². The number of imide groups is 3. The third-order valence-corrected chi connectivity index (χ3v) is 7.28. The van der Waals surface area contributed by atoms with Gasteiger partial charge in [0.05, 0.1) is 38.3 Å². The van der Waals surface area contributed by atoms with Crippen molar-refractivity contribution in [3.8, 4) is 5.75 Å². The van der Waals surface area contributed by atoms with Crippen LogP contribution in [0.3, 0.4) is 0 Å². The Morgan fingerprint density at radius 2 is 1.88 bits per heavy atom. The monoisotopic (exact) mass is 469 g/mol. The summed E-state index contributed by atoms with van der Waals surface area (Å²) in [6.07, 6.45) is 2.52. The molecule has 2 aliphatic heterocycles. The first-order chi connectivity index (χ1) is 16.2. The highest BCUT2D eigenvalue weighted by atomic mass is 16.5. The van der Waals surface area contributed by atoms with E-state index in [0.29, 0.717) is 17.1 Å². The van der Waals surface area contributed by atoms with E-state index < -0.39 is 29.7 Å². The number of phenolic OH excluding ortho intramolecular Hbond substituents is 1. The molecular formula is C26H31NO7. The molecule has 0 unspecified atom stereocenters. The van der Waals surface area contributed by atoms with Gasteiger partial charge < -0.3 is 19.7 Å². The summed E-state index contributed by atoms with van der Waals surface area (Å²) in [6, 6.07) is 3.88. The van der Waals surface area contributed by atoms with Crippen LogP contribution in [-0.4, -0.2) is 59.4 Å². The molecule has 2 fully saturated rings. The van der Waals surface area contributed by atoms with Gasteiger partial charge in [0.2, 0.25) is 11.8 Å². The predicted molar refractivity (Wildman–Crippen MR) is 124 cm³/mol. The number of aromatic hydroxyl groups is 1. The number of nitrogens with zero attached hydrogens (tertiary/aromatic N) is 1. The number of carbonyl (C=O) groups is 3. The van der Waals surface area contributed by atoms with Crippen LogP contribution in [0.1, 0.15) is 42.9 Å². The molecular weight excluding hydrogens is 438 g/mol. The number of hydrogen-bond donors (Lipinski definition) is 2. The summed E-state index contributed by atoms with van der Waals surface area (Å²) in [4.78, 5) is 38.4. The average molecular weight is 470 g/mol. The number of fused-ring (bicyclic) bond motifs is 3. The number of aliphatic hydroxyl groups is 1. The number of aliphatic hydroxyl groups excluding tert-OH is 1. The van der Waals surface area contributed by atoms with E-state index in [2.05, 4.69) is 10.8 Å². The molecule has 3 amide bonds. The number of hydrogen-bond acceptors (Lipinski definition) is 7. The molecule has 1 aliphatic carbocycles. The first kappa shape index (κ1) is 24.2. The molecule has 0 aromatic heterocycles. The first-order valence-electron chi connectivity index (χ1n) is 11.5. The van der Waals surface area contributed by atoms with Crippen LogP contribution >= 0.6 is 0 Å². The standard InChI is InChI=1S/C26H31NO7/c1-13(7-16-8-14(2)23(29)15(3)9-16)5-6-20-21-17(11-28)10-18-22(19(21)12-34-20)25(31)27(24(18)30)26(32)33-4/h7-9,18-20,22,28-29H,5-6,10-12H2,1-4H3/b13-7+/t18-,19+,20-,22-/m1/s1. The quantitative estimate of drug-likeness (QED) is 0.503. The van der Waals surface area contributed by atoms with Crippen molar-refractivity contribution in [2.45, 2.75) is 46.1 Å². The molecule has 182 valence electrons. The van der Waals surface area contributed by atoms with Gasteiger partial charge in [-0.15, -0.1) is 0 Å². The fourth-order valence-corrected chi connectivity index (χ4v) is 5.68. The predicted octanol–water partition coefficient (Wildman–Crippen LogP) is 3.27. The zero-order valence-electron chi connectivity index (χ0n) is 20.0. The Kier molecular flexibility index (Phi) is 6.64. The van der Waals surface area contributed by atoms with Crippen molar-refractivity contribution in [1.82, 2.24) is 4.90 Å². The molecule has 2 heterocycles. The fourth-order valence-electron chi connectivity index (χ4n) is 5.68. The number of ether oxygens (including phenoxy) is 2. The number of methoxy groups -OCH3 is 1. The Morgan fingerprint density at radius 1 is 1.21 bits per heavy atom. The molecule has 34 heavy (non-hydrogen) atoms. The van der Waals surface area contributed by atoms with E-state index in [-0.39, 0.29) is 31.7 Å². The lowest BCUT2D eigenvalue weighted by Crippen LogP contribution is -2.38. The maximum absolute atomic E-state index is 13.0. The third kappa shape index (κ3) is 4.05. The van der Waals surface area contributed by atoms with Gasteiger partial charge in [-0.05, 0) is 80.0 Å². The molecule has 8 heteroatoms. The van der Waals surface area contributed by atoms with Crippen molar-refractivity contribution in [3.05, 3.63) is 45.5 Å². The summed E-state index contributed by atoms with van der Waals surface area (Å²) in [6.45, 7) is 5.84. The lowest BCUT2D eigenvalue weighted by molar-refractivity contribution is -0.137. The number of phenols is 1. The lowest BCUT2D eigenvalue weighted by Gasteiger charge is -2.31. The highest BCUT2D eigenvalue weighted by Gasteiger charge is 2.58. The molecule has 2 N–H and O–H groups in total. The second kappa shape index (κ2) is 9.35. The smallest absolute Gasteiger partial charge is 0.423 e. The number of allylic oxidation sites excluding steroid dienone is 1. The van der Waals surface area contributed by atoms with Crippen LogP contribution in [0.2, 0.25) is 0 Å². The Hall–Kier alpha value is -2.97. The summed E-state index contributed by atoms with van der Waals surface area (Å²) < 4.78 is 10.7. The van der Waals surface area contributed by atoms with Crippen molar-refractivity contribution >= 4 is 24.0 Å². The first-order valence-corrected chi connectivity index (χ1v) is 11.5. The molecule has 8 nitrogen and oxygen atoms in total. The molecule has 0 spiro atoms. The molecule has 4 rings (SSSR count). The fraction of sp³-hybridized carbons (Fsp3) is 0.500. The normalized spacial score (nSPS) is 26.7. The maximum atomic E-state index is 13.0. The molecule has 0 saturated carbocycles. The van der Waals surface area contributed by atoms with E-state index in [0.717, 1.165) is 46.9 Å². The summed E-state index contributed by atoms with van der Waals surface area (Å²) in [7, 11) is 1.14. The van der Waals surface area contributed by atoms with E-state index in [1.807, 2.05) is 32.9 Å². The van der Waals surface area contributed by atoms with Crippen LogP contribution < -0.4 is 0 Å². The molecule has 4 atom stereocenters. The highest BCUT2D eigenvalue weighted by Crippen LogP contribution is 2.49. The van der Waals surface area contributed by atoms with E-state index in [1.54, 1.807) is 0 Å². The van der Waals surface area contributed by atoms with E-state index in [4.69, 9.17) is 4.74 Å². The number of rotatable bonds is 5. The summed E-state index contributed by atoms with van der Waals surface area (Å²) in [5, 5.41) is 20.0. The van der Waals surface area contributed by atoms with Gasteiger partial charge in [0.25, 0.3) is 0 Å². The zero-order chi connectivity index (χ0) is 24.7. The van der Waals surface area contributed by atoms with Crippen molar-refractivity contribution < 1.29 is 34.1 Å². The SMILES string of the molecule is COC(=O)N1C(=O)[C@@H]2[C@@H](CC(CO)=C3[C@@H](CC/C(C)=C/c4cc(C)c(O)c(C)c4)OC[C@@H]32)C1=O. The van der Waals surface area contributed by atoms with Crippen molar-refractivity contribution in [3.63, 3.8) is 0 Å². The maximum Gasteiger partial charge on any atom is 0.423 e. The zero-order valence-corrected chi connectivity index (χ0v) is 20.0. The Labute approximate surface area is 198 Å². The van der Waals surface area contributed by atoms with Crippen LogP contribution in [-0.2, 0) is 19.1 Å². The molecule has 1 aromatic rings. The number of amides is 3. The summed E-state index contributed by atoms with van der Waals surface area (Å²) in [5.41, 5.74) is 5.44. The Balaban J connectivity index is 1.52. The van der Waals surface area contributed by atoms with Crippen molar-refractivity contribution in [2.75, 3.05) is 20.3 Å². The summed E-state index contributed by atoms with van der Waals surface area (Å²) >= 11 is 0. The van der Waals surface area contributed by atoms with Crippen LogP contribution in [0.15, 0.2) is 28.9 Å². The molecule has 0 bridgehead atoms. The average Bonchev–Trinajstić information content (AvgIpc) is 3.33. The molecule has 0 radical (unpaired) electrons. The minimum absolute atomic E-state index is 0.213. The third-order valence-electron chi connectivity index (χ3n) is 7.28. The summed E-state index contributed by atoms with van der Waals surface area (Å²) in [5.74, 6) is -2.46. The minimum atomic E-state index is -0.965. The van der Waals surface area contributed by atoms with Gasteiger partial charge in [0.1, 0.15) is 5.75 Å². The van der Waals surface area contributed by atoms with Crippen LogP contribution in [0.5, 0.6) is 5.75 Å². The second-order valence-corrected chi connectivity index (χ2v) is 9.50. The Morgan fingerprint density at radius 3 is 2.50 bits per heavy atom. The van der Waals surface area contributed by atoms with E-state index >= 15 is 0 Å². The van der Waals surface area contributed by atoms with E-state index in [1.165, 1.54) is 0 Å². The molecule has 2 saturated heterocycles. The topological polar surface area (TPSA) is 113 Å². The molecule has 3 aliphatic rings. The largest absolute Gasteiger partial charge is 0.507 e. The van der Waals surface area contributed by atoms with E-state index in [9.17, 15) is 24.6 Å². The van der Waals surface area contributed by atoms with Gasteiger partial charge >= 0.3 is 6.09 Å². The second-order valence-electron chi connectivity index (χ2n) is 9.50. The van der Waals surface area contributed by atoms with Gasteiger partial charge in [-0.3, -0.25) is 9.59 Å². The van der Waals surface area contributed by atoms with Gasteiger partial charge in [0, 0.05) is 5.92 Å². The number of likely N-dealkylation sites (tertiary alicyclic amines) is 1. The van der Waals surface area contributed by atoms with Crippen molar-refractivity contribution in [1.29, 1.82) is 0 Å². The van der Waals surface area contributed by atoms with Gasteiger partial charge in [0.15, 0.2) is 0 Å². The lowest BCUT2D eigenvalue weighted by atomic mass is 9.69. The number of benzene rings is 1. The van der Waals surface area contributed by atoms with Crippen LogP contribution in [0.25, 0.3) is 6.08 Å². The van der Waals surface area contributed by atoms with Gasteiger partial charge in [-0.2, -0.15) is 4.90 Å². The van der Waals surface area contributed by atoms with Crippen LogP contribution in [0, 0.1) is 31.6 Å². The van der Waals surface area contributed by atoms with Crippen molar-refractivity contribution in [2.24, 2.45) is 17.8 Å². The molecule has 1 aromatic carbocycles. The Bertz CT molecular complexity index is 1080. The minimum Gasteiger partial charge on any atom is -0.507 e. The highest BCUT2D eigenvalue weighted by molar-refractivity contribution is 6.16. The van der Waals surface area contributed by atoms with Gasteiger partial charge in [-0.25, -0.2) is 4.79 Å².